The summed E-state index contributed by atoms with van der Waals surface area (Å²) in [6.45, 7) is 4.27. The molecule has 0 spiro atoms. The summed E-state index contributed by atoms with van der Waals surface area (Å²) in [7, 11) is 0. The van der Waals surface area contributed by atoms with Gasteiger partial charge in [-0.25, -0.2) is 0 Å². The number of nitrogens with two attached hydrogens (primary N) is 1. The predicted octanol–water partition coefficient (Wildman–Crippen LogP) is 3.35. The van der Waals surface area contributed by atoms with Crippen molar-refractivity contribution in [3.63, 3.8) is 0 Å². The average Bonchev–Trinajstić information content (AvgIpc) is 2.47. The van der Waals surface area contributed by atoms with Crippen molar-refractivity contribution < 1.29 is 4.79 Å². The van der Waals surface area contributed by atoms with E-state index in [1.807, 2.05) is 30.3 Å². The maximum atomic E-state index is 12.2. The summed E-state index contributed by atoms with van der Waals surface area (Å²) in [5, 5.41) is 2.86. The second-order valence-corrected chi connectivity index (χ2v) is 4.92. The third-order valence-corrected chi connectivity index (χ3v) is 3.16. The third-order valence-electron chi connectivity index (χ3n) is 3.16. The Morgan fingerprint density at radius 3 is 2.30 bits per heavy atom. The molecule has 0 aliphatic rings. The molecule has 0 bridgehead atoms. The maximum Gasteiger partial charge on any atom is 0.257 e. The van der Waals surface area contributed by atoms with Crippen LogP contribution in [0.1, 0.15) is 35.7 Å². The highest BCUT2D eigenvalue weighted by molar-refractivity contribution is 6.07. The van der Waals surface area contributed by atoms with Crippen molar-refractivity contribution in [3.05, 3.63) is 59.7 Å². The zero-order valence-electron chi connectivity index (χ0n) is 11.7. The van der Waals surface area contributed by atoms with Crippen LogP contribution in [0.5, 0.6) is 0 Å². The van der Waals surface area contributed by atoms with Gasteiger partial charge in [0, 0.05) is 5.69 Å². The molecule has 0 fully saturated rings. The number of carbonyl (C=O) groups is 1. The van der Waals surface area contributed by atoms with Crippen molar-refractivity contribution in [2.45, 2.75) is 19.8 Å². The molecule has 0 saturated heterocycles. The fraction of sp³-hybridized carbons (Fsp3) is 0.188. The molecular weight excluding hydrogens is 250 g/mol. The van der Waals surface area contributed by atoms with Crippen molar-refractivity contribution >= 4 is 17.3 Å². The third kappa shape index (κ3) is 3.16. The molecule has 0 heterocycles. The molecule has 4 heteroatoms. The number of hydrogen-bond acceptors (Lipinski definition) is 3. The van der Waals surface area contributed by atoms with Crippen LogP contribution in [0.3, 0.4) is 0 Å². The smallest absolute Gasteiger partial charge is 0.257 e. The van der Waals surface area contributed by atoms with Crippen LogP contribution in [-0.2, 0) is 0 Å². The van der Waals surface area contributed by atoms with E-state index in [9.17, 15) is 4.79 Å². The Labute approximate surface area is 119 Å². The van der Waals surface area contributed by atoms with E-state index in [4.69, 9.17) is 5.84 Å². The van der Waals surface area contributed by atoms with Crippen molar-refractivity contribution in [2.75, 3.05) is 10.7 Å². The van der Waals surface area contributed by atoms with Crippen LogP contribution in [0, 0.1) is 0 Å². The molecule has 20 heavy (non-hydrogen) atoms. The van der Waals surface area contributed by atoms with Gasteiger partial charge in [-0.15, -0.1) is 0 Å². The van der Waals surface area contributed by atoms with Crippen molar-refractivity contribution in [2.24, 2.45) is 5.84 Å². The molecule has 104 valence electrons. The molecule has 0 aliphatic heterocycles. The maximum absolute atomic E-state index is 12.2. The zero-order valence-corrected chi connectivity index (χ0v) is 11.7. The van der Waals surface area contributed by atoms with Gasteiger partial charge in [0.05, 0.1) is 11.3 Å². The number of anilines is 2. The molecule has 2 aromatic carbocycles. The van der Waals surface area contributed by atoms with Gasteiger partial charge in [0.15, 0.2) is 0 Å². The molecule has 2 rings (SSSR count). The van der Waals surface area contributed by atoms with Gasteiger partial charge in [-0.3, -0.25) is 10.6 Å². The van der Waals surface area contributed by atoms with Gasteiger partial charge >= 0.3 is 0 Å². The van der Waals surface area contributed by atoms with Crippen LogP contribution in [0.4, 0.5) is 11.4 Å². The number of nitrogens with one attached hydrogen (secondary N) is 2. The second-order valence-electron chi connectivity index (χ2n) is 4.92. The number of para-hydroxylation sites is 1. The molecular formula is C16H19N3O. The first-order chi connectivity index (χ1) is 9.61. The Hall–Kier alpha value is -2.33. The standard InChI is InChI=1S/C16H19N3O/c1-11(2)12-7-9-13(10-8-12)18-16(20)14-5-3-4-6-15(14)19-17/h3-11,19H,17H2,1-2H3,(H,18,20). The van der Waals surface area contributed by atoms with E-state index in [2.05, 4.69) is 24.6 Å². The van der Waals surface area contributed by atoms with Crippen molar-refractivity contribution in [3.8, 4) is 0 Å². The lowest BCUT2D eigenvalue weighted by Gasteiger charge is -2.10. The number of benzene rings is 2. The summed E-state index contributed by atoms with van der Waals surface area (Å²) < 4.78 is 0. The zero-order chi connectivity index (χ0) is 14.5. The molecule has 2 aromatic rings. The van der Waals surface area contributed by atoms with Gasteiger partial charge in [0.1, 0.15) is 0 Å². The number of rotatable bonds is 4. The SMILES string of the molecule is CC(C)c1ccc(NC(=O)c2ccccc2NN)cc1. The van der Waals surface area contributed by atoms with E-state index in [0.29, 0.717) is 17.2 Å². The monoisotopic (exact) mass is 269 g/mol. The van der Waals surface area contributed by atoms with Crippen LogP contribution in [0.25, 0.3) is 0 Å². The van der Waals surface area contributed by atoms with Crippen LogP contribution in [0.2, 0.25) is 0 Å². The van der Waals surface area contributed by atoms with Crippen molar-refractivity contribution in [1.29, 1.82) is 0 Å². The molecule has 4 N–H and O–H groups in total. The lowest BCUT2D eigenvalue weighted by atomic mass is 10.0. The van der Waals surface area contributed by atoms with E-state index < -0.39 is 0 Å². The number of carbonyl (C=O) groups excluding carboxylic acids is 1. The molecule has 1 amide bonds. The lowest BCUT2D eigenvalue weighted by Crippen LogP contribution is -2.17. The minimum Gasteiger partial charge on any atom is -0.323 e. The number of nitrogen functional groups attached to an aromatic ring is 1. The molecule has 4 nitrogen and oxygen atoms in total. The molecule has 0 radical (unpaired) electrons. The van der Waals surface area contributed by atoms with Gasteiger partial charge in [-0.1, -0.05) is 38.1 Å². The van der Waals surface area contributed by atoms with Crippen molar-refractivity contribution in [1.82, 2.24) is 0 Å². The van der Waals surface area contributed by atoms with Gasteiger partial charge in [0.2, 0.25) is 0 Å². The average molecular weight is 269 g/mol. The first-order valence-corrected chi connectivity index (χ1v) is 6.58. The van der Waals surface area contributed by atoms with E-state index >= 15 is 0 Å². The Kier molecular flexibility index (Phi) is 4.38. The van der Waals surface area contributed by atoms with Crippen LogP contribution >= 0.6 is 0 Å². The van der Waals surface area contributed by atoms with Crippen LogP contribution < -0.4 is 16.6 Å². The van der Waals surface area contributed by atoms with E-state index in [-0.39, 0.29) is 5.91 Å². The quantitative estimate of drug-likeness (QED) is 0.589. The summed E-state index contributed by atoms with van der Waals surface area (Å²) in [5.74, 6) is 5.69. The highest BCUT2D eigenvalue weighted by Crippen LogP contribution is 2.19. The minimum atomic E-state index is -0.184. The molecule has 0 aromatic heterocycles. The van der Waals surface area contributed by atoms with E-state index in [1.165, 1.54) is 5.56 Å². The summed E-state index contributed by atoms with van der Waals surface area (Å²) >= 11 is 0. The van der Waals surface area contributed by atoms with E-state index in [0.717, 1.165) is 5.69 Å². The van der Waals surface area contributed by atoms with Gasteiger partial charge in [0.25, 0.3) is 5.91 Å². The number of hydrazine groups is 1. The van der Waals surface area contributed by atoms with Gasteiger partial charge < -0.3 is 10.7 Å². The fourth-order valence-corrected chi connectivity index (χ4v) is 1.96. The molecule has 0 saturated carbocycles. The predicted molar refractivity (Wildman–Crippen MR) is 82.7 cm³/mol. The number of hydrogen-bond donors (Lipinski definition) is 3. The molecule has 0 unspecified atom stereocenters. The molecule has 0 aliphatic carbocycles. The Bertz CT molecular complexity index is 591. The van der Waals surface area contributed by atoms with Crippen LogP contribution in [-0.4, -0.2) is 5.91 Å². The Morgan fingerprint density at radius 1 is 1.05 bits per heavy atom. The molecule has 0 atom stereocenters. The second kappa shape index (κ2) is 6.21. The van der Waals surface area contributed by atoms with Gasteiger partial charge in [-0.05, 0) is 35.7 Å². The normalized spacial score (nSPS) is 10.4. The van der Waals surface area contributed by atoms with Crippen LogP contribution in [0.15, 0.2) is 48.5 Å². The largest absolute Gasteiger partial charge is 0.323 e. The highest BCUT2D eigenvalue weighted by Gasteiger charge is 2.10. The first kappa shape index (κ1) is 14.1. The topological polar surface area (TPSA) is 67.2 Å². The summed E-state index contributed by atoms with van der Waals surface area (Å²) in [6, 6.07) is 15.0. The lowest BCUT2D eigenvalue weighted by molar-refractivity contribution is 0.102. The Morgan fingerprint density at radius 2 is 1.70 bits per heavy atom. The minimum absolute atomic E-state index is 0.184. The first-order valence-electron chi connectivity index (χ1n) is 6.58. The summed E-state index contributed by atoms with van der Waals surface area (Å²) in [4.78, 5) is 12.2. The summed E-state index contributed by atoms with van der Waals surface area (Å²) in [6.07, 6.45) is 0. The van der Waals surface area contributed by atoms with E-state index in [1.54, 1.807) is 18.2 Å². The van der Waals surface area contributed by atoms with Gasteiger partial charge in [-0.2, -0.15) is 0 Å². The highest BCUT2D eigenvalue weighted by atomic mass is 16.1. The summed E-state index contributed by atoms with van der Waals surface area (Å²) in [5.41, 5.74) is 5.66. The number of amides is 1. The fourth-order valence-electron chi connectivity index (χ4n) is 1.96. The Balaban J connectivity index is 2.15.